The molecule has 0 aliphatic heterocycles. The number of ether oxygens (including phenoxy) is 1. The quantitative estimate of drug-likeness (QED) is 0.315. The zero-order valence-corrected chi connectivity index (χ0v) is 19.2. The van der Waals surface area contributed by atoms with Gasteiger partial charge in [0.25, 0.3) is 0 Å². The number of hydrogen-bond acceptors (Lipinski definition) is 8. The first-order valence-corrected chi connectivity index (χ1v) is 11.3. The molecule has 4 aromatic rings. The van der Waals surface area contributed by atoms with Crippen molar-refractivity contribution in [3.05, 3.63) is 83.3 Å². The van der Waals surface area contributed by atoms with E-state index in [1.165, 1.54) is 22.0 Å². The molecule has 32 heavy (non-hydrogen) atoms. The second-order valence-electron chi connectivity index (χ2n) is 8.37. The predicted octanol–water partition coefficient (Wildman–Crippen LogP) is 4.13. The van der Waals surface area contributed by atoms with Gasteiger partial charge >= 0.3 is 0 Å². The molecule has 0 amide bonds. The lowest BCUT2D eigenvalue weighted by molar-refractivity contribution is 0.291. The van der Waals surface area contributed by atoms with Crippen molar-refractivity contribution in [1.29, 1.82) is 0 Å². The molecule has 0 radical (unpaired) electrons. The van der Waals surface area contributed by atoms with Gasteiger partial charge < -0.3 is 15.0 Å². The SMILES string of the molecule is CC(C)(C)c1ccc(OCc2nnc(SCc3nnc(Cc4ccccc4)o3)n2N)cc1. The van der Waals surface area contributed by atoms with E-state index in [1.807, 2.05) is 42.5 Å². The highest BCUT2D eigenvalue weighted by atomic mass is 32.2. The molecule has 0 saturated carbocycles. The van der Waals surface area contributed by atoms with Crippen LogP contribution < -0.4 is 10.6 Å². The molecule has 8 nitrogen and oxygen atoms in total. The van der Waals surface area contributed by atoms with Gasteiger partial charge in [-0.05, 0) is 28.7 Å². The Balaban J connectivity index is 1.30. The lowest BCUT2D eigenvalue weighted by atomic mass is 9.87. The Morgan fingerprint density at radius 3 is 2.38 bits per heavy atom. The van der Waals surface area contributed by atoms with E-state index in [4.69, 9.17) is 15.0 Å². The van der Waals surface area contributed by atoms with Crippen LogP contribution in [0.5, 0.6) is 5.75 Å². The van der Waals surface area contributed by atoms with Crippen molar-refractivity contribution < 1.29 is 9.15 Å². The molecule has 9 heteroatoms. The summed E-state index contributed by atoms with van der Waals surface area (Å²) in [5, 5.41) is 17.0. The van der Waals surface area contributed by atoms with Gasteiger partial charge in [0.15, 0.2) is 5.82 Å². The van der Waals surface area contributed by atoms with Crippen LogP contribution in [0.4, 0.5) is 0 Å². The Morgan fingerprint density at radius 2 is 1.66 bits per heavy atom. The number of nitrogen functional groups attached to an aromatic ring is 1. The summed E-state index contributed by atoms with van der Waals surface area (Å²) in [5.41, 5.74) is 2.47. The first-order valence-electron chi connectivity index (χ1n) is 10.3. The van der Waals surface area contributed by atoms with Gasteiger partial charge in [0, 0.05) is 0 Å². The number of benzene rings is 2. The summed E-state index contributed by atoms with van der Waals surface area (Å²) >= 11 is 1.38. The summed E-state index contributed by atoms with van der Waals surface area (Å²) in [6.45, 7) is 6.76. The van der Waals surface area contributed by atoms with Crippen LogP contribution in [0.3, 0.4) is 0 Å². The molecule has 0 aliphatic carbocycles. The van der Waals surface area contributed by atoms with E-state index < -0.39 is 0 Å². The van der Waals surface area contributed by atoms with Crippen LogP contribution in [0.2, 0.25) is 0 Å². The molecule has 2 N–H and O–H groups in total. The van der Waals surface area contributed by atoms with Crippen LogP contribution in [0, 0.1) is 0 Å². The van der Waals surface area contributed by atoms with E-state index >= 15 is 0 Å². The summed E-state index contributed by atoms with van der Waals surface area (Å²) in [4.78, 5) is 0. The molecule has 0 fully saturated rings. The predicted molar refractivity (Wildman–Crippen MR) is 123 cm³/mol. The average Bonchev–Trinajstić information content (AvgIpc) is 3.37. The Bertz CT molecular complexity index is 1150. The maximum Gasteiger partial charge on any atom is 0.226 e. The zero-order chi connectivity index (χ0) is 22.6. The molecule has 0 atom stereocenters. The standard InChI is InChI=1S/C23H26N6O2S/c1-23(2,3)17-9-11-18(12-10-17)30-14-19-25-28-22(29(19)24)32-15-21-27-26-20(31-21)13-16-7-5-4-6-8-16/h4-12H,13-15,24H2,1-3H3. The first-order chi connectivity index (χ1) is 15.4. The first kappa shape index (κ1) is 21.9. The summed E-state index contributed by atoms with van der Waals surface area (Å²) in [6.07, 6.45) is 0.601. The molecule has 0 spiro atoms. The van der Waals surface area contributed by atoms with Crippen molar-refractivity contribution in [2.75, 3.05) is 5.84 Å². The van der Waals surface area contributed by atoms with Crippen LogP contribution in [0.1, 0.15) is 49.5 Å². The van der Waals surface area contributed by atoms with Gasteiger partial charge in [0.1, 0.15) is 12.4 Å². The van der Waals surface area contributed by atoms with E-state index in [0.29, 0.717) is 34.9 Å². The molecule has 4 rings (SSSR count). The maximum atomic E-state index is 6.14. The van der Waals surface area contributed by atoms with Crippen molar-refractivity contribution in [3.63, 3.8) is 0 Å². The summed E-state index contributed by atoms with van der Waals surface area (Å²) in [6, 6.07) is 18.0. The van der Waals surface area contributed by atoms with Crippen molar-refractivity contribution >= 4 is 11.8 Å². The Kier molecular flexibility index (Phi) is 6.45. The Morgan fingerprint density at radius 1 is 0.938 bits per heavy atom. The second-order valence-corrected chi connectivity index (χ2v) is 9.31. The number of rotatable bonds is 8. The lowest BCUT2D eigenvalue weighted by Crippen LogP contribution is -2.16. The van der Waals surface area contributed by atoms with Gasteiger partial charge in [0.2, 0.25) is 16.9 Å². The zero-order valence-electron chi connectivity index (χ0n) is 18.4. The highest BCUT2D eigenvalue weighted by molar-refractivity contribution is 7.98. The van der Waals surface area contributed by atoms with Crippen LogP contribution >= 0.6 is 11.8 Å². The van der Waals surface area contributed by atoms with Gasteiger partial charge in [-0.25, -0.2) is 4.68 Å². The normalized spacial score (nSPS) is 11.6. The fraction of sp³-hybridized carbons (Fsp3) is 0.304. The van der Waals surface area contributed by atoms with E-state index in [2.05, 4.69) is 53.3 Å². The highest BCUT2D eigenvalue weighted by Crippen LogP contribution is 2.25. The van der Waals surface area contributed by atoms with Gasteiger partial charge in [0.05, 0.1) is 12.2 Å². The van der Waals surface area contributed by atoms with Crippen molar-refractivity contribution in [1.82, 2.24) is 25.1 Å². The fourth-order valence-corrected chi connectivity index (χ4v) is 3.73. The van der Waals surface area contributed by atoms with E-state index in [0.717, 1.165) is 11.3 Å². The van der Waals surface area contributed by atoms with Crippen LogP contribution in [0.25, 0.3) is 0 Å². The number of nitrogens with two attached hydrogens (primary N) is 1. The van der Waals surface area contributed by atoms with E-state index in [9.17, 15) is 0 Å². The van der Waals surface area contributed by atoms with Crippen molar-refractivity contribution in [2.24, 2.45) is 0 Å². The third-order valence-electron chi connectivity index (χ3n) is 4.86. The van der Waals surface area contributed by atoms with Crippen molar-refractivity contribution in [2.45, 2.75) is 50.1 Å². The summed E-state index contributed by atoms with van der Waals surface area (Å²) in [5.74, 6) is 8.97. The summed E-state index contributed by atoms with van der Waals surface area (Å²) in [7, 11) is 0. The highest BCUT2D eigenvalue weighted by Gasteiger charge is 2.15. The van der Waals surface area contributed by atoms with Crippen molar-refractivity contribution in [3.8, 4) is 5.75 Å². The van der Waals surface area contributed by atoms with Gasteiger partial charge in [-0.1, -0.05) is 75.0 Å². The molecular formula is C23H26N6O2S. The maximum absolute atomic E-state index is 6.14. The number of thioether (sulfide) groups is 1. The third kappa shape index (κ3) is 5.47. The molecule has 166 valence electrons. The lowest BCUT2D eigenvalue weighted by Gasteiger charge is -2.19. The molecule has 2 aromatic carbocycles. The molecule has 0 saturated heterocycles. The molecular weight excluding hydrogens is 424 g/mol. The third-order valence-corrected chi connectivity index (χ3v) is 5.78. The molecule has 2 aromatic heterocycles. The van der Waals surface area contributed by atoms with Crippen LogP contribution in [0.15, 0.2) is 64.2 Å². The Labute approximate surface area is 191 Å². The second kappa shape index (κ2) is 9.44. The minimum Gasteiger partial charge on any atom is -0.486 e. The minimum absolute atomic E-state index is 0.1000. The molecule has 0 bridgehead atoms. The van der Waals surface area contributed by atoms with Gasteiger partial charge in [-0.3, -0.25) is 0 Å². The van der Waals surface area contributed by atoms with Gasteiger partial charge in [-0.2, -0.15) is 0 Å². The van der Waals surface area contributed by atoms with Crippen LogP contribution in [-0.4, -0.2) is 25.1 Å². The summed E-state index contributed by atoms with van der Waals surface area (Å²) < 4.78 is 13.0. The number of nitrogens with zero attached hydrogens (tertiary/aromatic N) is 5. The molecule has 0 unspecified atom stereocenters. The molecule has 2 heterocycles. The molecule has 0 aliphatic rings. The topological polar surface area (TPSA) is 105 Å². The fourth-order valence-electron chi connectivity index (χ4n) is 3.02. The van der Waals surface area contributed by atoms with E-state index in [1.54, 1.807) is 0 Å². The van der Waals surface area contributed by atoms with Gasteiger partial charge in [-0.15, -0.1) is 20.4 Å². The smallest absolute Gasteiger partial charge is 0.226 e. The number of hydrogen-bond donors (Lipinski definition) is 1. The average molecular weight is 451 g/mol. The number of aromatic nitrogens is 5. The van der Waals surface area contributed by atoms with E-state index in [-0.39, 0.29) is 12.0 Å². The monoisotopic (exact) mass is 450 g/mol. The van der Waals surface area contributed by atoms with Crippen LogP contribution in [-0.2, 0) is 24.2 Å². The Hall–Kier alpha value is -3.33. The largest absolute Gasteiger partial charge is 0.486 e. The minimum atomic E-state index is 0.1000.